The van der Waals surface area contributed by atoms with Crippen molar-refractivity contribution in [3.63, 3.8) is 0 Å². The molecule has 3 rings (SSSR count). The number of carbonyl (C=O) groups is 2. The van der Waals surface area contributed by atoms with E-state index in [0.29, 0.717) is 16.7 Å². The van der Waals surface area contributed by atoms with Crippen LogP contribution in [0.15, 0.2) is 83.3 Å². The lowest BCUT2D eigenvalue weighted by molar-refractivity contribution is 0.0474. The Morgan fingerprint density at radius 1 is 0.778 bits per heavy atom. The number of Topliss-reactive ketones (excluding diaryl/α,β-unsaturated/α-hetero) is 1. The van der Waals surface area contributed by atoms with E-state index < -0.39 is 5.97 Å². The maximum Gasteiger partial charge on any atom is 0.338 e. The Bertz CT molecular complexity index is 1010. The zero-order chi connectivity index (χ0) is 19.1. The molecule has 132 valence electrons. The SMILES string of the molecule is O=C(COC(=O)c1cccc(C#Cc2ccccc2)c1)c1ccc(Br)cc1. The predicted octanol–water partition coefficient (Wildman–Crippen LogP) is 4.89. The van der Waals surface area contributed by atoms with Crippen molar-refractivity contribution >= 4 is 27.7 Å². The Morgan fingerprint density at radius 2 is 1.44 bits per heavy atom. The molecule has 3 aromatic carbocycles. The van der Waals surface area contributed by atoms with Gasteiger partial charge in [-0.1, -0.05) is 64.2 Å². The van der Waals surface area contributed by atoms with E-state index in [0.717, 1.165) is 10.0 Å². The number of halogens is 1. The normalized spacial score (nSPS) is 9.81. The smallest absolute Gasteiger partial charge is 0.338 e. The van der Waals surface area contributed by atoms with Crippen LogP contribution in [0.4, 0.5) is 0 Å². The van der Waals surface area contributed by atoms with Gasteiger partial charge in [0.05, 0.1) is 5.56 Å². The summed E-state index contributed by atoms with van der Waals surface area (Å²) in [6, 6.07) is 23.3. The summed E-state index contributed by atoms with van der Waals surface area (Å²) in [4.78, 5) is 24.3. The van der Waals surface area contributed by atoms with Gasteiger partial charge in [0.15, 0.2) is 12.4 Å². The second-order valence-corrected chi connectivity index (χ2v) is 6.62. The molecule has 4 heteroatoms. The summed E-state index contributed by atoms with van der Waals surface area (Å²) in [6.07, 6.45) is 0. The summed E-state index contributed by atoms with van der Waals surface area (Å²) in [6.45, 7) is -0.305. The largest absolute Gasteiger partial charge is 0.454 e. The van der Waals surface area contributed by atoms with Crippen molar-refractivity contribution in [3.05, 3.63) is 106 Å². The summed E-state index contributed by atoms with van der Waals surface area (Å²) < 4.78 is 6.02. The summed E-state index contributed by atoms with van der Waals surface area (Å²) in [5.41, 5.74) is 2.45. The van der Waals surface area contributed by atoms with Crippen molar-refractivity contribution in [2.75, 3.05) is 6.61 Å². The molecular weight excluding hydrogens is 404 g/mol. The first-order chi connectivity index (χ1) is 13.1. The zero-order valence-corrected chi connectivity index (χ0v) is 15.9. The number of esters is 1. The van der Waals surface area contributed by atoms with Crippen LogP contribution >= 0.6 is 15.9 Å². The summed E-state index contributed by atoms with van der Waals surface area (Å²) >= 11 is 3.31. The van der Waals surface area contributed by atoms with Crippen LogP contribution in [0.3, 0.4) is 0 Å². The molecule has 0 aliphatic rings. The molecule has 0 saturated carbocycles. The molecule has 3 aromatic rings. The van der Waals surface area contributed by atoms with Gasteiger partial charge in [0.2, 0.25) is 0 Å². The first-order valence-electron chi connectivity index (χ1n) is 8.25. The average Bonchev–Trinajstić information content (AvgIpc) is 2.72. The first-order valence-corrected chi connectivity index (χ1v) is 9.04. The van der Waals surface area contributed by atoms with E-state index in [-0.39, 0.29) is 12.4 Å². The second-order valence-electron chi connectivity index (χ2n) is 5.70. The van der Waals surface area contributed by atoms with Gasteiger partial charge in [0, 0.05) is 21.2 Å². The molecule has 0 saturated heterocycles. The predicted molar refractivity (Wildman–Crippen MR) is 108 cm³/mol. The summed E-state index contributed by atoms with van der Waals surface area (Å²) in [7, 11) is 0. The van der Waals surface area contributed by atoms with Crippen molar-refractivity contribution in [3.8, 4) is 11.8 Å². The Kier molecular flexibility index (Phi) is 6.19. The minimum absolute atomic E-state index is 0.254. The number of rotatable bonds is 4. The molecule has 0 aliphatic heterocycles. The highest BCUT2D eigenvalue weighted by Crippen LogP contribution is 2.12. The Morgan fingerprint density at radius 3 is 2.19 bits per heavy atom. The molecule has 0 amide bonds. The lowest BCUT2D eigenvalue weighted by atomic mass is 10.1. The fourth-order valence-corrected chi connectivity index (χ4v) is 2.59. The van der Waals surface area contributed by atoms with Crippen molar-refractivity contribution in [1.29, 1.82) is 0 Å². The van der Waals surface area contributed by atoms with Crippen LogP contribution < -0.4 is 0 Å². The van der Waals surface area contributed by atoms with E-state index >= 15 is 0 Å². The maximum absolute atomic E-state index is 12.2. The van der Waals surface area contributed by atoms with E-state index in [9.17, 15) is 9.59 Å². The Labute approximate surface area is 166 Å². The van der Waals surface area contributed by atoms with Gasteiger partial charge in [-0.05, 0) is 42.5 Å². The van der Waals surface area contributed by atoms with Gasteiger partial charge in [-0.2, -0.15) is 0 Å². The van der Waals surface area contributed by atoms with Gasteiger partial charge in [0.1, 0.15) is 0 Å². The summed E-state index contributed by atoms with van der Waals surface area (Å²) in [5, 5.41) is 0. The molecule has 0 heterocycles. The Hall–Kier alpha value is -3.16. The molecular formula is C23H15BrO3. The van der Waals surface area contributed by atoms with Crippen LogP contribution in [0.1, 0.15) is 31.8 Å². The molecule has 0 bridgehead atoms. The van der Waals surface area contributed by atoms with Crippen LogP contribution in [-0.2, 0) is 4.74 Å². The molecule has 0 unspecified atom stereocenters. The van der Waals surface area contributed by atoms with E-state index in [4.69, 9.17) is 4.74 Å². The van der Waals surface area contributed by atoms with E-state index in [1.807, 2.05) is 36.4 Å². The zero-order valence-electron chi connectivity index (χ0n) is 14.3. The minimum atomic E-state index is -0.552. The van der Waals surface area contributed by atoms with Gasteiger partial charge in [-0.25, -0.2) is 4.79 Å². The summed E-state index contributed by atoms with van der Waals surface area (Å²) in [5.74, 6) is 5.26. The topological polar surface area (TPSA) is 43.4 Å². The van der Waals surface area contributed by atoms with Gasteiger partial charge >= 0.3 is 5.97 Å². The van der Waals surface area contributed by atoms with Crippen molar-refractivity contribution < 1.29 is 14.3 Å². The molecule has 0 aromatic heterocycles. The Balaban J connectivity index is 1.64. The minimum Gasteiger partial charge on any atom is -0.454 e. The van der Waals surface area contributed by atoms with Gasteiger partial charge in [0.25, 0.3) is 0 Å². The standard InChI is InChI=1S/C23H15BrO3/c24-21-13-11-19(12-14-21)22(25)16-27-23(26)20-8-4-7-18(15-20)10-9-17-5-2-1-3-6-17/h1-8,11-15H,16H2. The first kappa shape index (κ1) is 18.6. The van der Waals surface area contributed by atoms with Crippen LogP contribution in [0.5, 0.6) is 0 Å². The number of benzene rings is 3. The third kappa shape index (κ3) is 5.40. The third-order valence-corrected chi connectivity index (χ3v) is 4.25. The lowest BCUT2D eigenvalue weighted by Gasteiger charge is -2.05. The van der Waals surface area contributed by atoms with Crippen LogP contribution in [0, 0.1) is 11.8 Å². The highest BCUT2D eigenvalue weighted by molar-refractivity contribution is 9.10. The second kappa shape index (κ2) is 8.98. The van der Waals surface area contributed by atoms with Crippen LogP contribution in [-0.4, -0.2) is 18.4 Å². The molecule has 0 spiro atoms. The van der Waals surface area contributed by atoms with Crippen LogP contribution in [0.2, 0.25) is 0 Å². The number of ketones is 1. The van der Waals surface area contributed by atoms with E-state index in [1.54, 1.807) is 42.5 Å². The highest BCUT2D eigenvalue weighted by atomic mass is 79.9. The molecule has 0 fully saturated rings. The van der Waals surface area contributed by atoms with Gasteiger partial charge in [-0.3, -0.25) is 4.79 Å². The maximum atomic E-state index is 12.2. The fraction of sp³-hybridized carbons (Fsp3) is 0.0435. The van der Waals surface area contributed by atoms with Gasteiger partial charge in [-0.15, -0.1) is 0 Å². The molecule has 0 N–H and O–H groups in total. The lowest BCUT2D eigenvalue weighted by Crippen LogP contribution is -2.14. The average molecular weight is 419 g/mol. The number of ether oxygens (including phenoxy) is 1. The number of carbonyl (C=O) groups excluding carboxylic acids is 2. The molecule has 27 heavy (non-hydrogen) atoms. The third-order valence-electron chi connectivity index (χ3n) is 3.72. The van der Waals surface area contributed by atoms with Gasteiger partial charge < -0.3 is 4.74 Å². The number of hydrogen-bond donors (Lipinski definition) is 0. The quantitative estimate of drug-likeness (QED) is 0.344. The fourth-order valence-electron chi connectivity index (χ4n) is 2.32. The van der Waals surface area contributed by atoms with Crippen molar-refractivity contribution in [1.82, 2.24) is 0 Å². The van der Waals surface area contributed by atoms with Crippen molar-refractivity contribution in [2.24, 2.45) is 0 Å². The number of hydrogen-bond acceptors (Lipinski definition) is 3. The monoisotopic (exact) mass is 418 g/mol. The van der Waals surface area contributed by atoms with Crippen LogP contribution in [0.25, 0.3) is 0 Å². The van der Waals surface area contributed by atoms with E-state index in [1.165, 1.54) is 0 Å². The molecule has 0 atom stereocenters. The van der Waals surface area contributed by atoms with E-state index in [2.05, 4.69) is 27.8 Å². The molecule has 3 nitrogen and oxygen atoms in total. The molecule has 0 radical (unpaired) electrons. The highest BCUT2D eigenvalue weighted by Gasteiger charge is 2.12. The molecule has 0 aliphatic carbocycles. The van der Waals surface area contributed by atoms with Crippen molar-refractivity contribution in [2.45, 2.75) is 0 Å².